The Labute approximate surface area is 117 Å². The van der Waals surface area contributed by atoms with Crippen LogP contribution in [0.15, 0.2) is 24.3 Å². The SMILES string of the molecule is CC(CN1CCCC1)C(O)c1ccc(C(F)(F)F)cc1. The number of halogens is 3. The molecule has 1 saturated heterocycles. The summed E-state index contributed by atoms with van der Waals surface area (Å²) in [5.41, 5.74) is -0.134. The molecule has 112 valence electrons. The molecule has 0 bridgehead atoms. The Balaban J connectivity index is 1.99. The minimum absolute atomic E-state index is 0.00448. The molecule has 1 fully saturated rings. The maximum absolute atomic E-state index is 12.5. The molecular formula is C15H20F3NO. The van der Waals surface area contributed by atoms with Crippen LogP contribution in [0.1, 0.15) is 37.0 Å². The Bertz CT molecular complexity index is 424. The number of hydrogen-bond acceptors (Lipinski definition) is 2. The van der Waals surface area contributed by atoms with Gasteiger partial charge in [-0.25, -0.2) is 0 Å². The predicted octanol–water partition coefficient (Wildman–Crippen LogP) is 3.47. The summed E-state index contributed by atoms with van der Waals surface area (Å²) >= 11 is 0. The molecule has 1 N–H and O–H groups in total. The Kier molecular flexibility index (Phi) is 4.70. The lowest BCUT2D eigenvalue weighted by molar-refractivity contribution is -0.137. The number of likely N-dealkylation sites (tertiary alicyclic amines) is 1. The molecule has 0 radical (unpaired) electrons. The van der Waals surface area contributed by atoms with Gasteiger partial charge < -0.3 is 10.0 Å². The van der Waals surface area contributed by atoms with E-state index in [1.165, 1.54) is 25.0 Å². The molecule has 0 amide bonds. The van der Waals surface area contributed by atoms with E-state index in [4.69, 9.17) is 0 Å². The zero-order valence-electron chi connectivity index (χ0n) is 11.5. The predicted molar refractivity (Wildman–Crippen MR) is 71.2 cm³/mol. The molecule has 2 nitrogen and oxygen atoms in total. The van der Waals surface area contributed by atoms with Crippen molar-refractivity contribution in [2.24, 2.45) is 5.92 Å². The number of aliphatic hydroxyl groups excluding tert-OH is 1. The molecule has 0 spiro atoms. The summed E-state index contributed by atoms with van der Waals surface area (Å²) in [4.78, 5) is 2.29. The summed E-state index contributed by atoms with van der Waals surface area (Å²) < 4.78 is 37.4. The molecule has 1 heterocycles. The van der Waals surface area contributed by atoms with Gasteiger partial charge in [-0.3, -0.25) is 0 Å². The monoisotopic (exact) mass is 287 g/mol. The van der Waals surface area contributed by atoms with Crippen molar-refractivity contribution in [2.45, 2.75) is 32.0 Å². The summed E-state index contributed by atoms with van der Waals surface area (Å²) in [5, 5.41) is 10.2. The molecule has 1 aromatic carbocycles. The quantitative estimate of drug-likeness (QED) is 0.916. The first kappa shape index (κ1) is 15.3. The highest BCUT2D eigenvalue weighted by Gasteiger charge is 2.30. The van der Waals surface area contributed by atoms with Gasteiger partial charge in [0.05, 0.1) is 11.7 Å². The van der Waals surface area contributed by atoms with Crippen LogP contribution in [0.25, 0.3) is 0 Å². The topological polar surface area (TPSA) is 23.5 Å². The second-order valence-corrected chi connectivity index (χ2v) is 5.55. The van der Waals surface area contributed by atoms with E-state index in [1.807, 2.05) is 6.92 Å². The van der Waals surface area contributed by atoms with Crippen molar-refractivity contribution in [1.29, 1.82) is 0 Å². The Hall–Kier alpha value is -1.07. The van der Waals surface area contributed by atoms with Gasteiger partial charge in [0.2, 0.25) is 0 Å². The van der Waals surface area contributed by atoms with Crippen LogP contribution in [0.3, 0.4) is 0 Å². The molecule has 5 heteroatoms. The summed E-state index contributed by atoms with van der Waals surface area (Å²) in [6.45, 7) is 4.80. The van der Waals surface area contributed by atoms with E-state index in [2.05, 4.69) is 4.90 Å². The highest BCUT2D eigenvalue weighted by Crippen LogP contribution is 2.31. The molecule has 1 aliphatic heterocycles. The third-order valence-electron chi connectivity index (χ3n) is 3.86. The third-order valence-corrected chi connectivity index (χ3v) is 3.86. The van der Waals surface area contributed by atoms with Gasteiger partial charge in [-0.15, -0.1) is 0 Å². The second-order valence-electron chi connectivity index (χ2n) is 5.55. The Morgan fingerprint density at radius 1 is 1.15 bits per heavy atom. The Morgan fingerprint density at radius 2 is 1.70 bits per heavy atom. The molecule has 2 atom stereocenters. The lowest BCUT2D eigenvalue weighted by atomic mass is 9.96. The maximum atomic E-state index is 12.5. The molecule has 2 rings (SSSR count). The van der Waals surface area contributed by atoms with E-state index in [0.717, 1.165) is 31.8 Å². The van der Waals surface area contributed by atoms with E-state index in [0.29, 0.717) is 5.56 Å². The van der Waals surface area contributed by atoms with Crippen LogP contribution in [0.5, 0.6) is 0 Å². The number of rotatable bonds is 4. The van der Waals surface area contributed by atoms with Crippen molar-refractivity contribution >= 4 is 0 Å². The summed E-state index contributed by atoms with van der Waals surface area (Å²) in [7, 11) is 0. The molecule has 0 saturated carbocycles. The van der Waals surface area contributed by atoms with Gasteiger partial charge in [-0.2, -0.15) is 13.2 Å². The summed E-state index contributed by atoms with van der Waals surface area (Å²) in [6, 6.07) is 4.80. The number of nitrogens with zero attached hydrogens (tertiary/aromatic N) is 1. The number of aliphatic hydroxyl groups is 1. The lowest BCUT2D eigenvalue weighted by Gasteiger charge is -2.24. The fraction of sp³-hybridized carbons (Fsp3) is 0.600. The average Bonchev–Trinajstić information content (AvgIpc) is 2.90. The highest BCUT2D eigenvalue weighted by atomic mass is 19.4. The molecule has 20 heavy (non-hydrogen) atoms. The number of benzene rings is 1. The van der Waals surface area contributed by atoms with Gasteiger partial charge in [0.25, 0.3) is 0 Å². The van der Waals surface area contributed by atoms with Crippen LogP contribution < -0.4 is 0 Å². The first-order valence-corrected chi connectivity index (χ1v) is 6.95. The van der Waals surface area contributed by atoms with Gasteiger partial charge in [0.15, 0.2) is 0 Å². The van der Waals surface area contributed by atoms with Crippen molar-refractivity contribution in [1.82, 2.24) is 4.90 Å². The van der Waals surface area contributed by atoms with Crippen LogP contribution in [0.4, 0.5) is 13.2 Å². The van der Waals surface area contributed by atoms with E-state index in [1.54, 1.807) is 0 Å². The fourth-order valence-electron chi connectivity index (χ4n) is 2.67. The van der Waals surface area contributed by atoms with Crippen molar-refractivity contribution in [3.05, 3.63) is 35.4 Å². The van der Waals surface area contributed by atoms with Gasteiger partial charge in [-0.05, 0) is 49.5 Å². The van der Waals surface area contributed by atoms with Crippen molar-refractivity contribution < 1.29 is 18.3 Å². The van der Waals surface area contributed by atoms with E-state index >= 15 is 0 Å². The molecule has 0 aliphatic carbocycles. The zero-order chi connectivity index (χ0) is 14.8. The van der Waals surface area contributed by atoms with Crippen LogP contribution in [-0.2, 0) is 6.18 Å². The minimum atomic E-state index is -4.33. The second kappa shape index (κ2) is 6.14. The summed E-state index contributed by atoms with van der Waals surface area (Å²) in [5.74, 6) is 0.00448. The Morgan fingerprint density at radius 3 is 2.20 bits per heavy atom. The fourth-order valence-corrected chi connectivity index (χ4v) is 2.67. The van der Waals surface area contributed by atoms with Crippen LogP contribution in [0, 0.1) is 5.92 Å². The maximum Gasteiger partial charge on any atom is 0.416 e. The van der Waals surface area contributed by atoms with Crippen molar-refractivity contribution in [3.8, 4) is 0 Å². The summed E-state index contributed by atoms with van der Waals surface area (Å²) in [6.07, 6.45) is -2.69. The lowest BCUT2D eigenvalue weighted by Crippen LogP contribution is -2.28. The minimum Gasteiger partial charge on any atom is -0.388 e. The van der Waals surface area contributed by atoms with Gasteiger partial charge >= 0.3 is 6.18 Å². The molecule has 1 aromatic rings. The first-order valence-electron chi connectivity index (χ1n) is 6.95. The van der Waals surface area contributed by atoms with Crippen molar-refractivity contribution in [3.63, 3.8) is 0 Å². The van der Waals surface area contributed by atoms with E-state index < -0.39 is 17.8 Å². The van der Waals surface area contributed by atoms with Crippen LogP contribution >= 0.6 is 0 Å². The van der Waals surface area contributed by atoms with Crippen LogP contribution in [-0.4, -0.2) is 29.6 Å². The van der Waals surface area contributed by atoms with Gasteiger partial charge in [-0.1, -0.05) is 19.1 Å². The van der Waals surface area contributed by atoms with E-state index in [-0.39, 0.29) is 5.92 Å². The molecule has 1 aliphatic rings. The van der Waals surface area contributed by atoms with Gasteiger partial charge in [0.1, 0.15) is 0 Å². The molecular weight excluding hydrogens is 267 g/mol. The standard InChI is InChI=1S/C15H20F3NO/c1-11(10-19-8-2-3-9-19)14(20)12-4-6-13(7-5-12)15(16,17)18/h4-7,11,14,20H,2-3,8-10H2,1H3. The highest BCUT2D eigenvalue weighted by molar-refractivity contribution is 5.26. The number of alkyl halides is 3. The van der Waals surface area contributed by atoms with Crippen molar-refractivity contribution in [2.75, 3.05) is 19.6 Å². The molecule has 2 unspecified atom stereocenters. The first-order chi connectivity index (χ1) is 9.38. The smallest absolute Gasteiger partial charge is 0.388 e. The third kappa shape index (κ3) is 3.73. The zero-order valence-corrected chi connectivity index (χ0v) is 11.5. The average molecular weight is 287 g/mol. The van der Waals surface area contributed by atoms with Crippen LogP contribution in [0.2, 0.25) is 0 Å². The van der Waals surface area contributed by atoms with Gasteiger partial charge in [0, 0.05) is 6.54 Å². The number of hydrogen-bond donors (Lipinski definition) is 1. The molecule has 0 aromatic heterocycles. The van der Waals surface area contributed by atoms with E-state index in [9.17, 15) is 18.3 Å². The normalized spacial score (nSPS) is 20.1. The largest absolute Gasteiger partial charge is 0.416 e.